The fourth-order valence-electron chi connectivity index (χ4n) is 2.90. The Bertz CT molecular complexity index is 1140. The summed E-state index contributed by atoms with van der Waals surface area (Å²) in [5, 5.41) is 5.19. The number of aromatic nitrogens is 3. The van der Waals surface area contributed by atoms with Crippen LogP contribution in [0.5, 0.6) is 11.5 Å². The summed E-state index contributed by atoms with van der Waals surface area (Å²) in [6.45, 7) is 0.0988. The first-order valence-electron chi connectivity index (χ1n) is 8.31. The van der Waals surface area contributed by atoms with E-state index in [-0.39, 0.29) is 6.61 Å². The molecule has 4 rings (SSSR count). The van der Waals surface area contributed by atoms with Crippen LogP contribution in [0, 0.1) is 0 Å². The van der Waals surface area contributed by atoms with Crippen molar-refractivity contribution in [2.75, 3.05) is 14.2 Å². The normalized spacial score (nSPS) is 10.9. The van der Waals surface area contributed by atoms with Gasteiger partial charge in [-0.25, -0.2) is 14.3 Å². The summed E-state index contributed by atoms with van der Waals surface area (Å²) >= 11 is 0. The zero-order valence-corrected chi connectivity index (χ0v) is 14.9. The summed E-state index contributed by atoms with van der Waals surface area (Å²) < 4.78 is 17.6. The monoisotopic (exact) mass is 363 g/mol. The lowest BCUT2D eigenvalue weighted by molar-refractivity contribution is 0.0472. The maximum absolute atomic E-state index is 12.6. The highest BCUT2D eigenvalue weighted by atomic mass is 16.5. The molecule has 0 spiro atoms. The van der Waals surface area contributed by atoms with Crippen molar-refractivity contribution in [3.8, 4) is 11.5 Å². The number of nitrogens with zero attached hydrogens (tertiary/aromatic N) is 3. The predicted molar refractivity (Wildman–Crippen MR) is 99.2 cm³/mol. The number of hydrogen-bond donors (Lipinski definition) is 0. The molecule has 0 aliphatic carbocycles. The van der Waals surface area contributed by atoms with E-state index in [0.717, 1.165) is 16.5 Å². The number of ether oxygens (including phenoxy) is 3. The van der Waals surface area contributed by atoms with E-state index < -0.39 is 5.97 Å². The molecule has 4 aromatic rings. The van der Waals surface area contributed by atoms with Gasteiger partial charge in [-0.15, -0.1) is 0 Å². The average molecular weight is 363 g/mol. The SMILES string of the molecule is COc1ccc2cnc3c(C(=O)OCc4ccccc4OC)cnn3c2c1. The highest BCUT2D eigenvalue weighted by Crippen LogP contribution is 2.23. The number of rotatable bonds is 5. The average Bonchev–Trinajstić information content (AvgIpc) is 3.16. The van der Waals surface area contributed by atoms with Crippen molar-refractivity contribution in [2.45, 2.75) is 6.61 Å². The van der Waals surface area contributed by atoms with Crippen molar-refractivity contribution in [2.24, 2.45) is 0 Å². The van der Waals surface area contributed by atoms with Crippen molar-refractivity contribution in [1.82, 2.24) is 14.6 Å². The molecule has 7 nitrogen and oxygen atoms in total. The summed E-state index contributed by atoms with van der Waals surface area (Å²) in [5.74, 6) is 0.873. The Morgan fingerprint density at radius 3 is 2.74 bits per heavy atom. The number of fused-ring (bicyclic) bond motifs is 3. The first-order valence-corrected chi connectivity index (χ1v) is 8.31. The van der Waals surface area contributed by atoms with Crippen LogP contribution in [0.25, 0.3) is 16.6 Å². The van der Waals surface area contributed by atoms with Gasteiger partial charge in [0, 0.05) is 23.2 Å². The zero-order chi connectivity index (χ0) is 18.8. The summed E-state index contributed by atoms with van der Waals surface area (Å²) in [6.07, 6.45) is 3.16. The van der Waals surface area contributed by atoms with Gasteiger partial charge < -0.3 is 14.2 Å². The van der Waals surface area contributed by atoms with Gasteiger partial charge in [0.2, 0.25) is 0 Å². The quantitative estimate of drug-likeness (QED) is 0.507. The number of carbonyl (C=O) groups is 1. The number of esters is 1. The number of hydrogen-bond acceptors (Lipinski definition) is 6. The molecule has 7 heteroatoms. The van der Waals surface area contributed by atoms with Gasteiger partial charge in [-0.2, -0.15) is 5.10 Å². The van der Waals surface area contributed by atoms with Crippen LogP contribution >= 0.6 is 0 Å². The van der Waals surface area contributed by atoms with Crippen LogP contribution in [0.4, 0.5) is 0 Å². The van der Waals surface area contributed by atoms with E-state index in [1.807, 2.05) is 42.5 Å². The molecule has 0 aliphatic rings. The van der Waals surface area contributed by atoms with Crippen molar-refractivity contribution < 1.29 is 19.0 Å². The van der Waals surface area contributed by atoms with Crippen LogP contribution in [0.3, 0.4) is 0 Å². The number of carbonyl (C=O) groups excluding carboxylic acids is 1. The van der Waals surface area contributed by atoms with Crippen molar-refractivity contribution in [1.29, 1.82) is 0 Å². The Morgan fingerprint density at radius 1 is 1.07 bits per heavy atom. The second-order valence-corrected chi connectivity index (χ2v) is 5.86. The second kappa shape index (κ2) is 6.95. The Labute approximate surface area is 155 Å². The molecular formula is C20H17N3O4. The standard InChI is InChI=1S/C20H17N3O4/c1-25-15-8-7-13-10-21-19-16(11-22-23(19)17(13)9-15)20(24)27-12-14-5-3-4-6-18(14)26-2/h3-11H,12H2,1-2H3. The largest absolute Gasteiger partial charge is 0.497 e. The molecule has 0 fully saturated rings. The van der Waals surface area contributed by atoms with E-state index in [2.05, 4.69) is 10.1 Å². The topological polar surface area (TPSA) is 75.0 Å². The Morgan fingerprint density at radius 2 is 1.93 bits per heavy atom. The summed E-state index contributed by atoms with van der Waals surface area (Å²) in [4.78, 5) is 16.9. The van der Waals surface area contributed by atoms with E-state index in [9.17, 15) is 4.79 Å². The van der Waals surface area contributed by atoms with Crippen LogP contribution in [-0.2, 0) is 11.3 Å². The fraction of sp³-hybridized carbons (Fsp3) is 0.150. The molecule has 0 saturated heterocycles. The molecule has 0 N–H and O–H groups in total. The number of para-hydroxylation sites is 1. The molecule has 0 bridgehead atoms. The maximum Gasteiger partial charge on any atom is 0.343 e. The number of benzene rings is 2. The van der Waals surface area contributed by atoms with Gasteiger partial charge in [0.05, 0.1) is 25.9 Å². The summed E-state index contributed by atoms with van der Waals surface area (Å²) in [6, 6.07) is 13.0. The van der Waals surface area contributed by atoms with Gasteiger partial charge in [0.1, 0.15) is 23.7 Å². The smallest absolute Gasteiger partial charge is 0.343 e. The predicted octanol–water partition coefficient (Wildman–Crippen LogP) is 3.26. The van der Waals surface area contributed by atoms with E-state index in [0.29, 0.717) is 22.7 Å². The van der Waals surface area contributed by atoms with E-state index in [4.69, 9.17) is 14.2 Å². The minimum absolute atomic E-state index is 0.0988. The Hall–Kier alpha value is -3.61. The lowest BCUT2D eigenvalue weighted by atomic mass is 10.2. The van der Waals surface area contributed by atoms with Crippen molar-refractivity contribution in [3.63, 3.8) is 0 Å². The number of methoxy groups -OCH3 is 2. The first kappa shape index (κ1) is 16.8. The van der Waals surface area contributed by atoms with Gasteiger partial charge in [-0.3, -0.25) is 0 Å². The molecular weight excluding hydrogens is 346 g/mol. The summed E-state index contributed by atoms with van der Waals surface area (Å²) in [5.41, 5.74) is 2.31. The molecule has 0 saturated carbocycles. The molecule has 0 radical (unpaired) electrons. The van der Waals surface area contributed by atoms with Gasteiger partial charge in [-0.05, 0) is 18.2 Å². The molecule has 27 heavy (non-hydrogen) atoms. The van der Waals surface area contributed by atoms with Gasteiger partial charge in [0.15, 0.2) is 5.65 Å². The Balaban J connectivity index is 1.65. The van der Waals surface area contributed by atoms with Gasteiger partial charge in [0.25, 0.3) is 0 Å². The Kier molecular flexibility index (Phi) is 4.33. The second-order valence-electron chi connectivity index (χ2n) is 5.86. The minimum atomic E-state index is -0.495. The van der Waals surface area contributed by atoms with Gasteiger partial charge >= 0.3 is 5.97 Å². The first-order chi connectivity index (χ1) is 13.2. The fourth-order valence-corrected chi connectivity index (χ4v) is 2.90. The van der Waals surface area contributed by atoms with Crippen molar-refractivity contribution >= 4 is 22.5 Å². The third-order valence-electron chi connectivity index (χ3n) is 4.31. The lowest BCUT2D eigenvalue weighted by Gasteiger charge is -2.08. The maximum atomic E-state index is 12.6. The van der Waals surface area contributed by atoms with Crippen LogP contribution in [-0.4, -0.2) is 34.8 Å². The summed E-state index contributed by atoms with van der Waals surface area (Å²) in [7, 11) is 3.18. The molecule has 0 atom stereocenters. The van der Waals surface area contributed by atoms with E-state index in [1.54, 1.807) is 24.9 Å². The van der Waals surface area contributed by atoms with E-state index >= 15 is 0 Å². The van der Waals surface area contributed by atoms with E-state index in [1.165, 1.54) is 6.20 Å². The molecule has 0 aliphatic heterocycles. The molecule has 2 aromatic carbocycles. The third-order valence-corrected chi connectivity index (χ3v) is 4.31. The van der Waals surface area contributed by atoms with Crippen LogP contribution in [0.2, 0.25) is 0 Å². The molecule has 0 unspecified atom stereocenters. The molecule has 2 aromatic heterocycles. The zero-order valence-electron chi connectivity index (χ0n) is 14.9. The molecule has 136 valence electrons. The van der Waals surface area contributed by atoms with Crippen LogP contribution in [0.15, 0.2) is 54.9 Å². The van der Waals surface area contributed by atoms with Gasteiger partial charge in [-0.1, -0.05) is 18.2 Å². The van der Waals surface area contributed by atoms with Crippen LogP contribution in [0.1, 0.15) is 15.9 Å². The lowest BCUT2D eigenvalue weighted by Crippen LogP contribution is -2.06. The minimum Gasteiger partial charge on any atom is -0.497 e. The van der Waals surface area contributed by atoms with Crippen LogP contribution < -0.4 is 9.47 Å². The molecule has 0 amide bonds. The highest BCUT2D eigenvalue weighted by molar-refractivity contribution is 5.97. The third kappa shape index (κ3) is 3.03. The molecule has 2 heterocycles. The highest BCUT2D eigenvalue weighted by Gasteiger charge is 2.17. The van der Waals surface area contributed by atoms with Crippen molar-refractivity contribution in [3.05, 3.63) is 66.0 Å².